The fourth-order valence-electron chi connectivity index (χ4n) is 2.36. The van der Waals surface area contributed by atoms with Crippen LogP contribution in [-0.2, 0) is 4.79 Å². The topological polar surface area (TPSA) is 66.3 Å². The van der Waals surface area contributed by atoms with Gasteiger partial charge in [0.1, 0.15) is 17.7 Å². The molecule has 0 radical (unpaired) electrons. The molecule has 0 spiro atoms. The number of aromatic nitrogens is 2. The largest absolute Gasteiger partial charge is 0.480 e. The summed E-state index contributed by atoms with van der Waals surface area (Å²) in [4.78, 5) is 21.8. The summed E-state index contributed by atoms with van der Waals surface area (Å²) in [6.45, 7) is 0.776. The van der Waals surface area contributed by atoms with E-state index < -0.39 is 12.0 Å². The summed E-state index contributed by atoms with van der Waals surface area (Å²) < 4.78 is 0. The Morgan fingerprint density at radius 1 is 1.41 bits per heavy atom. The number of rotatable bonds is 3. The number of hydrogen-bond donors (Lipinski definition) is 1. The Bertz CT molecular complexity index is 445. The van der Waals surface area contributed by atoms with E-state index in [9.17, 15) is 4.79 Å². The second-order valence-corrected chi connectivity index (χ2v) is 4.74. The predicted molar refractivity (Wildman–Crippen MR) is 62.0 cm³/mol. The zero-order valence-electron chi connectivity index (χ0n) is 9.54. The van der Waals surface area contributed by atoms with Crippen molar-refractivity contribution in [3.05, 3.63) is 18.1 Å². The van der Waals surface area contributed by atoms with E-state index in [0.29, 0.717) is 12.3 Å². The van der Waals surface area contributed by atoms with Crippen molar-refractivity contribution in [3.8, 4) is 0 Å². The molecule has 1 aliphatic carbocycles. The highest BCUT2D eigenvalue weighted by Gasteiger charge is 2.33. The van der Waals surface area contributed by atoms with Gasteiger partial charge in [0.2, 0.25) is 0 Å². The average Bonchev–Trinajstić information content (AvgIpc) is 3.06. The van der Waals surface area contributed by atoms with Gasteiger partial charge in [-0.25, -0.2) is 14.8 Å². The van der Waals surface area contributed by atoms with Crippen LogP contribution >= 0.6 is 0 Å². The van der Waals surface area contributed by atoms with E-state index in [1.165, 1.54) is 0 Å². The maximum absolute atomic E-state index is 11.1. The van der Waals surface area contributed by atoms with E-state index in [0.717, 1.165) is 37.4 Å². The van der Waals surface area contributed by atoms with Crippen LogP contribution < -0.4 is 4.90 Å². The molecule has 1 atom stereocenters. The Balaban J connectivity index is 1.87. The number of anilines is 1. The molecule has 5 nitrogen and oxygen atoms in total. The minimum Gasteiger partial charge on any atom is -0.480 e. The highest BCUT2D eigenvalue weighted by Crippen LogP contribution is 2.38. The molecule has 1 saturated heterocycles. The van der Waals surface area contributed by atoms with Crippen LogP contribution in [0.25, 0.3) is 0 Å². The molecule has 2 aliphatic rings. The van der Waals surface area contributed by atoms with Crippen molar-refractivity contribution in [1.29, 1.82) is 0 Å². The molecule has 2 fully saturated rings. The molecule has 1 saturated carbocycles. The van der Waals surface area contributed by atoms with Crippen molar-refractivity contribution in [2.24, 2.45) is 0 Å². The van der Waals surface area contributed by atoms with Gasteiger partial charge in [0, 0.05) is 18.7 Å². The Hall–Kier alpha value is -1.65. The third-order valence-electron chi connectivity index (χ3n) is 3.43. The van der Waals surface area contributed by atoms with Gasteiger partial charge >= 0.3 is 5.97 Å². The number of hydrogen-bond acceptors (Lipinski definition) is 4. The summed E-state index contributed by atoms with van der Waals surface area (Å²) in [6, 6.07) is 1.39. The summed E-state index contributed by atoms with van der Waals surface area (Å²) in [6.07, 6.45) is 5.68. The molecule has 2 heterocycles. The van der Waals surface area contributed by atoms with E-state index in [4.69, 9.17) is 5.11 Å². The third kappa shape index (κ3) is 1.97. The Morgan fingerprint density at radius 3 is 2.94 bits per heavy atom. The van der Waals surface area contributed by atoms with Crippen molar-refractivity contribution in [1.82, 2.24) is 9.97 Å². The molecule has 0 bridgehead atoms. The summed E-state index contributed by atoms with van der Waals surface area (Å²) in [5.41, 5.74) is 0. The first kappa shape index (κ1) is 10.5. The minimum atomic E-state index is -0.755. The van der Waals surface area contributed by atoms with Crippen LogP contribution in [0.1, 0.15) is 37.4 Å². The van der Waals surface area contributed by atoms with Gasteiger partial charge in [0.15, 0.2) is 0 Å². The molecule has 1 aliphatic heterocycles. The maximum Gasteiger partial charge on any atom is 0.326 e. The van der Waals surface area contributed by atoms with Crippen LogP contribution in [0.3, 0.4) is 0 Å². The smallest absolute Gasteiger partial charge is 0.326 e. The lowest BCUT2D eigenvalue weighted by molar-refractivity contribution is -0.138. The summed E-state index contributed by atoms with van der Waals surface area (Å²) in [5.74, 6) is 1.39. The van der Waals surface area contributed by atoms with Crippen molar-refractivity contribution in [2.45, 2.75) is 37.6 Å². The lowest BCUT2D eigenvalue weighted by Gasteiger charge is -2.22. The molecule has 0 unspecified atom stereocenters. The van der Waals surface area contributed by atoms with Crippen LogP contribution in [0.2, 0.25) is 0 Å². The average molecular weight is 233 g/mol. The number of carboxylic acids is 1. The normalized spacial score (nSPS) is 24.0. The van der Waals surface area contributed by atoms with E-state index in [1.807, 2.05) is 11.0 Å². The highest BCUT2D eigenvalue weighted by molar-refractivity contribution is 5.78. The zero-order chi connectivity index (χ0) is 11.8. The molecule has 0 aromatic carbocycles. The van der Waals surface area contributed by atoms with Gasteiger partial charge in [0.25, 0.3) is 0 Å². The van der Waals surface area contributed by atoms with Gasteiger partial charge in [-0.1, -0.05) is 0 Å². The van der Waals surface area contributed by atoms with Crippen LogP contribution in [0.15, 0.2) is 12.3 Å². The number of nitrogens with zero attached hydrogens (tertiary/aromatic N) is 3. The molecule has 90 valence electrons. The van der Waals surface area contributed by atoms with Gasteiger partial charge in [-0.05, 0) is 31.7 Å². The number of carboxylic acid groups (broad SMARTS) is 1. The van der Waals surface area contributed by atoms with Crippen molar-refractivity contribution in [3.63, 3.8) is 0 Å². The number of aliphatic carboxylic acids is 1. The molecular weight excluding hydrogens is 218 g/mol. The molecule has 1 aromatic rings. The monoisotopic (exact) mass is 233 g/mol. The molecular formula is C12H15N3O2. The Morgan fingerprint density at radius 2 is 2.24 bits per heavy atom. The van der Waals surface area contributed by atoms with E-state index in [-0.39, 0.29) is 0 Å². The number of carbonyl (C=O) groups is 1. The summed E-state index contributed by atoms with van der Waals surface area (Å²) >= 11 is 0. The lowest BCUT2D eigenvalue weighted by Crippen LogP contribution is -2.36. The first-order valence-electron chi connectivity index (χ1n) is 6.08. The van der Waals surface area contributed by atoms with Gasteiger partial charge < -0.3 is 10.0 Å². The van der Waals surface area contributed by atoms with Crippen LogP contribution in [-0.4, -0.2) is 33.6 Å². The molecule has 17 heavy (non-hydrogen) atoms. The van der Waals surface area contributed by atoms with Gasteiger partial charge in [-0.15, -0.1) is 0 Å². The van der Waals surface area contributed by atoms with Crippen LogP contribution in [0.4, 0.5) is 5.82 Å². The summed E-state index contributed by atoms with van der Waals surface area (Å²) in [7, 11) is 0. The predicted octanol–water partition coefficient (Wildman–Crippen LogP) is 1.41. The molecule has 3 rings (SSSR count). The van der Waals surface area contributed by atoms with Crippen molar-refractivity contribution < 1.29 is 9.90 Å². The first-order chi connectivity index (χ1) is 8.25. The summed E-state index contributed by atoms with van der Waals surface area (Å²) in [5, 5.41) is 9.15. The zero-order valence-corrected chi connectivity index (χ0v) is 9.54. The second-order valence-electron chi connectivity index (χ2n) is 4.74. The van der Waals surface area contributed by atoms with Gasteiger partial charge in [-0.3, -0.25) is 0 Å². The standard InChI is InChI=1S/C12H15N3O2/c16-12(17)9-2-1-7-15(9)10-5-6-13-11(14-10)8-3-4-8/h5-6,8-9H,1-4,7H2,(H,16,17)/t9-/m0/s1. The van der Waals surface area contributed by atoms with Crippen LogP contribution in [0.5, 0.6) is 0 Å². The van der Waals surface area contributed by atoms with E-state index >= 15 is 0 Å². The lowest BCUT2D eigenvalue weighted by atomic mass is 10.2. The van der Waals surface area contributed by atoms with E-state index in [2.05, 4.69) is 9.97 Å². The van der Waals surface area contributed by atoms with E-state index in [1.54, 1.807) is 6.20 Å². The third-order valence-corrected chi connectivity index (χ3v) is 3.43. The minimum absolute atomic E-state index is 0.419. The van der Waals surface area contributed by atoms with Crippen LogP contribution in [0, 0.1) is 0 Å². The second kappa shape index (κ2) is 3.98. The molecule has 0 amide bonds. The Labute approximate surface area is 99.5 Å². The van der Waals surface area contributed by atoms with Gasteiger partial charge in [0.05, 0.1) is 0 Å². The maximum atomic E-state index is 11.1. The Kier molecular flexibility index (Phi) is 2.46. The fraction of sp³-hybridized carbons (Fsp3) is 0.583. The quantitative estimate of drug-likeness (QED) is 0.855. The SMILES string of the molecule is O=C(O)[C@@H]1CCCN1c1ccnc(C2CC2)n1. The first-order valence-corrected chi connectivity index (χ1v) is 6.08. The van der Waals surface area contributed by atoms with Gasteiger partial charge in [-0.2, -0.15) is 0 Å². The fourth-order valence-corrected chi connectivity index (χ4v) is 2.36. The molecule has 1 aromatic heterocycles. The van der Waals surface area contributed by atoms with Crippen molar-refractivity contribution >= 4 is 11.8 Å². The molecule has 1 N–H and O–H groups in total. The van der Waals surface area contributed by atoms with Crippen molar-refractivity contribution in [2.75, 3.05) is 11.4 Å². The highest BCUT2D eigenvalue weighted by atomic mass is 16.4. The molecule has 5 heteroatoms.